The number of morpholine rings is 1. The van der Waals surface area contributed by atoms with Crippen LogP contribution in [0.3, 0.4) is 0 Å². The molecule has 5 heteroatoms. The van der Waals surface area contributed by atoms with Crippen LogP contribution in [0.2, 0.25) is 0 Å². The van der Waals surface area contributed by atoms with Crippen LogP contribution in [0.1, 0.15) is 28.7 Å². The summed E-state index contributed by atoms with van der Waals surface area (Å²) < 4.78 is 5.42. The van der Waals surface area contributed by atoms with Gasteiger partial charge in [0.15, 0.2) is 0 Å². The fourth-order valence-electron chi connectivity index (χ4n) is 3.94. The van der Waals surface area contributed by atoms with Crippen LogP contribution in [0.25, 0.3) is 0 Å². The number of quaternary nitrogens is 1. The second-order valence-corrected chi connectivity index (χ2v) is 8.75. The van der Waals surface area contributed by atoms with Crippen molar-refractivity contribution in [1.29, 1.82) is 0 Å². The van der Waals surface area contributed by atoms with Gasteiger partial charge >= 0.3 is 0 Å². The minimum absolute atomic E-state index is 0.0901. The summed E-state index contributed by atoms with van der Waals surface area (Å²) in [6.45, 7) is 5.53. The Bertz CT molecular complexity index is 801. The maximum atomic E-state index is 12.2. The molecule has 0 spiro atoms. The normalized spacial score (nSPS) is 16.7. The molecule has 2 N–H and O–H groups in total. The van der Waals surface area contributed by atoms with E-state index >= 15 is 0 Å². The lowest BCUT2D eigenvalue weighted by Gasteiger charge is -2.23. The molecule has 148 valence electrons. The van der Waals surface area contributed by atoms with Gasteiger partial charge < -0.3 is 15.0 Å². The minimum Gasteiger partial charge on any atom is -0.370 e. The van der Waals surface area contributed by atoms with Crippen molar-refractivity contribution in [3.63, 3.8) is 0 Å². The van der Waals surface area contributed by atoms with Gasteiger partial charge in [-0.25, -0.2) is 0 Å². The lowest BCUT2D eigenvalue weighted by molar-refractivity contribution is -0.921. The van der Waals surface area contributed by atoms with Gasteiger partial charge in [0.25, 0.3) is 0 Å². The zero-order valence-corrected chi connectivity index (χ0v) is 17.2. The van der Waals surface area contributed by atoms with Crippen LogP contribution in [0.4, 0.5) is 0 Å². The molecule has 4 rings (SSSR count). The highest BCUT2D eigenvalue weighted by molar-refractivity contribution is 8.00. The number of carbonyl (C=O) groups excluding carboxylic acids is 1. The first kappa shape index (κ1) is 19.5. The summed E-state index contributed by atoms with van der Waals surface area (Å²) in [6.07, 6.45) is 3.64. The van der Waals surface area contributed by atoms with E-state index in [2.05, 4.69) is 47.8 Å². The summed E-state index contributed by atoms with van der Waals surface area (Å²) in [5.74, 6) is 0.560. The molecule has 1 saturated heterocycles. The van der Waals surface area contributed by atoms with Gasteiger partial charge in [-0.3, -0.25) is 4.79 Å². The predicted octanol–water partition coefficient (Wildman–Crippen LogP) is 2.00. The van der Waals surface area contributed by atoms with Crippen LogP contribution in [0.5, 0.6) is 0 Å². The zero-order chi connectivity index (χ0) is 19.2. The lowest BCUT2D eigenvalue weighted by atomic mass is 10.1. The average molecular weight is 398 g/mol. The Morgan fingerprint density at radius 3 is 2.57 bits per heavy atom. The van der Waals surface area contributed by atoms with Crippen LogP contribution >= 0.6 is 11.8 Å². The van der Waals surface area contributed by atoms with Crippen molar-refractivity contribution in [2.24, 2.45) is 0 Å². The third-order valence-corrected chi connectivity index (χ3v) is 6.60. The molecule has 4 nitrogen and oxygen atoms in total. The molecule has 0 atom stereocenters. The van der Waals surface area contributed by atoms with E-state index in [1.54, 1.807) is 16.7 Å². The molecule has 2 aromatic carbocycles. The number of nitrogens with one attached hydrogen (secondary N) is 2. The lowest BCUT2D eigenvalue weighted by Crippen LogP contribution is -3.12. The molecule has 2 aliphatic rings. The number of aryl methyl sites for hydroxylation is 2. The number of hydrogen-bond acceptors (Lipinski definition) is 3. The van der Waals surface area contributed by atoms with Crippen molar-refractivity contribution in [2.45, 2.75) is 37.2 Å². The number of benzene rings is 2. The Balaban J connectivity index is 1.20. The summed E-state index contributed by atoms with van der Waals surface area (Å²) in [6, 6.07) is 15.3. The molecular formula is C23H29N2O2S+. The smallest absolute Gasteiger partial charge is 0.230 e. The average Bonchev–Trinajstić information content (AvgIpc) is 3.20. The van der Waals surface area contributed by atoms with Crippen LogP contribution < -0.4 is 10.2 Å². The number of amides is 1. The second kappa shape index (κ2) is 9.59. The number of fused-ring (bicyclic) bond motifs is 1. The maximum Gasteiger partial charge on any atom is 0.230 e. The SMILES string of the molecule is O=C(CSc1ccc2c(c1)CCC2)NCc1ccc(C[NH+]2CCOCC2)cc1. The van der Waals surface area contributed by atoms with E-state index in [1.165, 1.54) is 40.8 Å². The van der Waals surface area contributed by atoms with Crippen molar-refractivity contribution < 1.29 is 14.4 Å². The fourth-order valence-corrected chi connectivity index (χ4v) is 4.73. The summed E-state index contributed by atoms with van der Waals surface area (Å²) in [4.78, 5) is 15.0. The van der Waals surface area contributed by atoms with Gasteiger partial charge in [0.05, 0.1) is 19.0 Å². The van der Waals surface area contributed by atoms with Gasteiger partial charge in [-0.2, -0.15) is 0 Å². The van der Waals surface area contributed by atoms with E-state index in [1.807, 2.05) is 0 Å². The van der Waals surface area contributed by atoms with E-state index in [0.29, 0.717) is 12.3 Å². The number of thioether (sulfide) groups is 1. The Morgan fingerprint density at radius 2 is 1.75 bits per heavy atom. The first-order valence-corrected chi connectivity index (χ1v) is 11.3. The molecule has 28 heavy (non-hydrogen) atoms. The molecular weight excluding hydrogens is 368 g/mol. The number of carbonyl (C=O) groups is 1. The molecule has 0 radical (unpaired) electrons. The van der Waals surface area contributed by atoms with Crippen LogP contribution in [-0.2, 0) is 35.5 Å². The highest BCUT2D eigenvalue weighted by atomic mass is 32.2. The molecule has 1 amide bonds. The first-order valence-electron chi connectivity index (χ1n) is 10.3. The summed E-state index contributed by atoms with van der Waals surface area (Å²) in [7, 11) is 0. The molecule has 1 aliphatic carbocycles. The fraction of sp³-hybridized carbons (Fsp3) is 0.435. The Morgan fingerprint density at radius 1 is 1.00 bits per heavy atom. The van der Waals surface area contributed by atoms with E-state index in [4.69, 9.17) is 4.74 Å². The molecule has 1 aliphatic heterocycles. The van der Waals surface area contributed by atoms with Crippen LogP contribution in [-0.4, -0.2) is 38.0 Å². The zero-order valence-electron chi connectivity index (χ0n) is 16.3. The maximum absolute atomic E-state index is 12.2. The molecule has 2 aromatic rings. The Kier molecular flexibility index (Phi) is 6.68. The topological polar surface area (TPSA) is 42.8 Å². The Labute approximate surface area is 171 Å². The predicted molar refractivity (Wildman–Crippen MR) is 113 cm³/mol. The van der Waals surface area contributed by atoms with Gasteiger partial charge in [-0.05, 0) is 48.1 Å². The van der Waals surface area contributed by atoms with Gasteiger partial charge in [-0.15, -0.1) is 11.8 Å². The van der Waals surface area contributed by atoms with Gasteiger partial charge in [0, 0.05) is 17.0 Å². The standard InChI is InChI=1S/C23H28N2O2S/c26-23(17-28-22-9-8-20-2-1-3-21(20)14-22)24-15-18-4-6-19(7-5-18)16-25-10-12-27-13-11-25/h4-9,14H,1-3,10-13,15-17H2,(H,24,26)/p+1. The first-order chi connectivity index (χ1) is 13.8. The van der Waals surface area contributed by atoms with Gasteiger partial charge in [-0.1, -0.05) is 30.3 Å². The second-order valence-electron chi connectivity index (χ2n) is 7.71. The Hall–Kier alpha value is -1.82. The third kappa shape index (κ3) is 5.37. The summed E-state index contributed by atoms with van der Waals surface area (Å²) in [5, 5.41) is 3.04. The molecule has 0 saturated carbocycles. The largest absolute Gasteiger partial charge is 0.370 e. The van der Waals surface area contributed by atoms with Crippen molar-refractivity contribution in [3.05, 3.63) is 64.7 Å². The van der Waals surface area contributed by atoms with E-state index in [-0.39, 0.29) is 5.91 Å². The monoisotopic (exact) mass is 397 g/mol. The van der Waals surface area contributed by atoms with Crippen LogP contribution in [0, 0.1) is 0 Å². The van der Waals surface area contributed by atoms with Crippen molar-refractivity contribution in [1.82, 2.24) is 5.32 Å². The van der Waals surface area contributed by atoms with Gasteiger partial charge in [0.2, 0.25) is 5.91 Å². The highest BCUT2D eigenvalue weighted by Crippen LogP contribution is 2.27. The minimum atomic E-state index is 0.0901. The van der Waals surface area contributed by atoms with E-state index in [9.17, 15) is 4.79 Å². The number of hydrogen-bond donors (Lipinski definition) is 2. The molecule has 0 aromatic heterocycles. The number of ether oxygens (including phenoxy) is 1. The van der Waals surface area contributed by atoms with E-state index < -0.39 is 0 Å². The molecule has 1 fully saturated rings. The van der Waals surface area contributed by atoms with Crippen molar-refractivity contribution in [2.75, 3.05) is 32.1 Å². The summed E-state index contributed by atoms with van der Waals surface area (Å²) in [5.41, 5.74) is 5.44. The van der Waals surface area contributed by atoms with Gasteiger partial charge in [0.1, 0.15) is 19.6 Å². The molecule has 0 bridgehead atoms. The van der Waals surface area contributed by atoms with Crippen molar-refractivity contribution >= 4 is 17.7 Å². The van der Waals surface area contributed by atoms with Crippen LogP contribution in [0.15, 0.2) is 47.4 Å². The third-order valence-electron chi connectivity index (χ3n) is 5.61. The molecule has 0 unspecified atom stereocenters. The number of rotatable bonds is 7. The summed E-state index contributed by atoms with van der Waals surface area (Å²) >= 11 is 1.63. The van der Waals surface area contributed by atoms with Crippen molar-refractivity contribution in [3.8, 4) is 0 Å². The quantitative estimate of drug-likeness (QED) is 0.703. The highest BCUT2D eigenvalue weighted by Gasteiger charge is 2.14. The molecule has 1 heterocycles. The van der Waals surface area contributed by atoms with E-state index in [0.717, 1.165) is 38.4 Å².